The number of amides is 1. The lowest BCUT2D eigenvalue weighted by Crippen LogP contribution is -2.53. The van der Waals surface area contributed by atoms with Crippen molar-refractivity contribution >= 4 is 5.91 Å². The van der Waals surface area contributed by atoms with Crippen LogP contribution in [0.15, 0.2) is 30.3 Å². The maximum atomic E-state index is 12.2. The quantitative estimate of drug-likeness (QED) is 0.785. The Morgan fingerprint density at radius 3 is 2.82 bits per heavy atom. The average Bonchev–Trinajstić information content (AvgIpc) is 2.39. The Morgan fingerprint density at radius 1 is 1.47 bits per heavy atom. The molecule has 1 aromatic rings. The minimum absolute atomic E-state index is 0.134. The van der Waals surface area contributed by atoms with E-state index in [0.717, 1.165) is 13.1 Å². The molecule has 1 aromatic carbocycles. The number of benzene rings is 1. The number of piperazine rings is 1. The van der Waals surface area contributed by atoms with Crippen molar-refractivity contribution < 1.29 is 9.90 Å². The Labute approximate surface area is 101 Å². The Kier molecular flexibility index (Phi) is 3.76. The summed E-state index contributed by atoms with van der Waals surface area (Å²) in [6.45, 7) is 4.22. The fourth-order valence-corrected chi connectivity index (χ4v) is 2.10. The van der Waals surface area contributed by atoms with Crippen molar-refractivity contribution in [1.29, 1.82) is 0 Å². The Balaban J connectivity index is 2.09. The first kappa shape index (κ1) is 12.1. The molecule has 1 aliphatic heterocycles. The van der Waals surface area contributed by atoms with Crippen LogP contribution in [-0.4, -0.2) is 41.6 Å². The van der Waals surface area contributed by atoms with E-state index >= 15 is 0 Å². The largest absolute Gasteiger partial charge is 0.378 e. The van der Waals surface area contributed by atoms with Gasteiger partial charge in [0.25, 0.3) is 5.91 Å². The van der Waals surface area contributed by atoms with Gasteiger partial charge in [-0.1, -0.05) is 30.3 Å². The number of hydrogen-bond donors (Lipinski definition) is 2. The number of nitrogens with one attached hydrogen (secondary N) is 1. The van der Waals surface area contributed by atoms with E-state index in [1.807, 2.05) is 25.1 Å². The monoisotopic (exact) mass is 234 g/mol. The molecule has 0 aliphatic carbocycles. The van der Waals surface area contributed by atoms with Crippen LogP contribution in [0.3, 0.4) is 0 Å². The predicted molar refractivity (Wildman–Crippen MR) is 65.4 cm³/mol. The summed E-state index contributed by atoms with van der Waals surface area (Å²) in [6.07, 6.45) is -1.04. The molecule has 1 aliphatic rings. The Bertz CT molecular complexity index is 380. The van der Waals surface area contributed by atoms with Gasteiger partial charge in [-0.3, -0.25) is 4.79 Å². The molecule has 2 N–H and O–H groups in total. The number of rotatable bonds is 2. The van der Waals surface area contributed by atoms with Crippen LogP contribution in [-0.2, 0) is 4.79 Å². The maximum absolute atomic E-state index is 12.2. The van der Waals surface area contributed by atoms with Gasteiger partial charge in [-0.2, -0.15) is 0 Å². The zero-order valence-corrected chi connectivity index (χ0v) is 9.97. The van der Waals surface area contributed by atoms with Crippen LogP contribution >= 0.6 is 0 Å². The van der Waals surface area contributed by atoms with Gasteiger partial charge in [0.15, 0.2) is 6.10 Å². The smallest absolute Gasteiger partial charge is 0.256 e. The van der Waals surface area contributed by atoms with Crippen LogP contribution in [0.5, 0.6) is 0 Å². The first-order valence-corrected chi connectivity index (χ1v) is 5.94. The zero-order chi connectivity index (χ0) is 12.3. The highest BCUT2D eigenvalue weighted by molar-refractivity contribution is 5.82. The molecule has 0 aromatic heterocycles. The lowest BCUT2D eigenvalue weighted by atomic mass is 10.1. The fraction of sp³-hybridized carbons (Fsp3) is 0.462. The SMILES string of the molecule is CC1CNCCN1C(=O)C(O)c1ccccc1. The second-order valence-corrected chi connectivity index (χ2v) is 4.40. The molecule has 1 amide bonds. The summed E-state index contributed by atoms with van der Waals surface area (Å²) in [5.41, 5.74) is 0.656. The minimum Gasteiger partial charge on any atom is -0.378 e. The third-order valence-electron chi connectivity index (χ3n) is 3.13. The summed E-state index contributed by atoms with van der Waals surface area (Å²) in [6, 6.07) is 9.20. The van der Waals surface area contributed by atoms with E-state index in [1.165, 1.54) is 0 Å². The van der Waals surface area contributed by atoms with E-state index in [2.05, 4.69) is 5.32 Å². The number of aliphatic hydroxyl groups is 1. The van der Waals surface area contributed by atoms with Crippen LogP contribution in [0.4, 0.5) is 0 Å². The molecule has 92 valence electrons. The summed E-state index contributed by atoms with van der Waals surface area (Å²) in [5, 5.41) is 13.3. The van der Waals surface area contributed by atoms with Gasteiger partial charge >= 0.3 is 0 Å². The first-order chi connectivity index (χ1) is 8.20. The fourth-order valence-electron chi connectivity index (χ4n) is 2.10. The topological polar surface area (TPSA) is 52.6 Å². The normalized spacial score (nSPS) is 22.2. The van der Waals surface area contributed by atoms with Crippen LogP contribution in [0.25, 0.3) is 0 Å². The highest BCUT2D eigenvalue weighted by Crippen LogP contribution is 2.17. The van der Waals surface area contributed by atoms with E-state index in [9.17, 15) is 9.90 Å². The van der Waals surface area contributed by atoms with E-state index in [-0.39, 0.29) is 11.9 Å². The van der Waals surface area contributed by atoms with Crippen molar-refractivity contribution in [2.24, 2.45) is 0 Å². The lowest BCUT2D eigenvalue weighted by Gasteiger charge is -2.35. The van der Waals surface area contributed by atoms with Gasteiger partial charge in [0, 0.05) is 25.7 Å². The number of nitrogens with zero attached hydrogens (tertiary/aromatic N) is 1. The number of hydrogen-bond acceptors (Lipinski definition) is 3. The molecule has 17 heavy (non-hydrogen) atoms. The van der Waals surface area contributed by atoms with E-state index < -0.39 is 6.10 Å². The van der Waals surface area contributed by atoms with Gasteiger partial charge in [0.05, 0.1) is 0 Å². The second-order valence-electron chi connectivity index (χ2n) is 4.40. The Hall–Kier alpha value is -1.39. The standard InChI is InChI=1S/C13H18N2O2/c1-10-9-14-7-8-15(10)13(17)12(16)11-5-3-2-4-6-11/h2-6,10,12,14,16H,7-9H2,1H3. The summed E-state index contributed by atoms with van der Waals surface area (Å²) < 4.78 is 0. The molecule has 0 spiro atoms. The number of carbonyl (C=O) groups excluding carboxylic acids is 1. The molecule has 0 radical (unpaired) electrons. The molecule has 2 rings (SSSR count). The third-order valence-corrected chi connectivity index (χ3v) is 3.13. The lowest BCUT2D eigenvalue weighted by molar-refractivity contribution is -0.143. The summed E-state index contributed by atoms with van der Waals surface area (Å²) >= 11 is 0. The van der Waals surface area contributed by atoms with Crippen molar-refractivity contribution in [3.8, 4) is 0 Å². The minimum atomic E-state index is -1.04. The molecule has 1 heterocycles. The second kappa shape index (κ2) is 5.29. The Morgan fingerprint density at radius 2 is 2.18 bits per heavy atom. The van der Waals surface area contributed by atoms with Gasteiger partial charge in [0.1, 0.15) is 0 Å². The predicted octanol–water partition coefficient (Wildman–Crippen LogP) is 0.540. The van der Waals surface area contributed by atoms with Crippen molar-refractivity contribution in [2.45, 2.75) is 19.1 Å². The molecule has 4 nitrogen and oxygen atoms in total. The van der Waals surface area contributed by atoms with Gasteiger partial charge in [0.2, 0.25) is 0 Å². The van der Waals surface area contributed by atoms with Crippen LogP contribution in [0, 0.1) is 0 Å². The molecule has 1 saturated heterocycles. The highest BCUT2D eigenvalue weighted by atomic mass is 16.3. The van der Waals surface area contributed by atoms with Gasteiger partial charge in [-0.15, -0.1) is 0 Å². The van der Waals surface area contributed by atoms with Crippen molar-refractivity contribution in [1.82, 2.24) is 10.2 Å². The number of aliphatic hydroxyl groups excluding tert-OH is 1. The molecule has 4 heteroatoms. The molecule has 2 atom stereocenters. The van der Waals surface area contributed by atoms with E-state index in [0.29, 0.717) is 12.1 Å². The molecule has 1 fully saturated rings. The van der Waals surface area contributed by atoms with E-state index in [4.69, 9.17) is 0 Å². The van der Waals surface area contributed by atoms with Crippen LogP contribution in [0.1, 0.15) is 18.6 Å². The summed E-state index contributed by atoms with van der Waals surface area (Å²) in [7, 11) is 0. The van der Waals surface area contributed by atoms with Gasteiger partial charge < -0.3 is 15.3 Å². The molecule has 0 bridgehead atoms. The maximum Gasteiger partial charge on any atom is 0.256 e. The summed E-state index contributed by atoms with van der Waals surface area (Å²) in [5.74, 6) is -0.204. The van der Waals surface area contributed by atoms with E-state index in [1.54, 1.807) is 17.0 Å². The van der Waals surface area contributed by atoms with Gasteiger partial charge in [-0.25, -0.2) is 0 Å². The number of carbonyl (C=O) groups is 1. The highest BCUT2D eigenvalue weighted by Gasteiger charge is 2.28. The third kappa shape index (κ3) is 2.65. The van der Waals surface area contributed by atoms with Crippen molar-refractivity contribution in [2.75, 3.05) is 19.6 Å². The zero-order valence-electron chi connectivity index (χ0n) is 9.97. The van der Waals surface area contributed by atoms with Gasteiger partial charge in [-0.05, 0) is 12.5 Å². The molecular weight excluding hydrogens is 216 g/mol. The van der Waals surface area contributed by atoms with Crippen LogP contribution < -0.4 is 5.32 Å². The van der Waals surface area contributed by atoms with Crippen molar-refractivity contribution in [3.05, 3.63) is 35.9 Å². The molecular formula is C13H18N2O2. The molecule has 2 unspecified atom stereocenters. The molecule has 0 saturated carbocycles. The first-order valence-electron chi connectivity index (χ1n) is 5.94. The van der Waals surface area contributed by atoms with Crippen molar-refractivity contribution in [3.63, 3.8) is 0 Å². The summed E-state index contributed by atoms with van der Waals surface area (Å²) in [4.78, 5) is 13.9. The average molecular weight is 234 g/mol. The van der Waals surface area contributed by atoms with Crippen LogP contribution in [0.2, 0.25) is 0 Å².